The van der Waals surface area contributed by atoms with Crippen LogP contribution in [0.4, 0.5) is 4.79 Å². The molecule has 22 heavy (non-hydrogen) atoms. The monoisotopic (exact) mass is 444 g/mol. The van der Waals surface area contributed by atoms with Gasteiger partial charge in [-0.15, -0.1) is 24.0 Å². The lowest BCUT2D eigenvalue weighted by Gasteiger charge is -2.32. The minimum atomic E-state index is -0.202. The van der Waals surface area contributed by atoms with E-state index in [1.54, 1.807) is 11.9 Å². The Morgan fingerprint density at radius 1 is 1.45 bits per heavy atom. The van der Waals surface area contributed by atoms with Crippen LogP contribution in [0.1, 0.15) is 26.7 Å². The fraction of sp³-hybridized carbons (Fsp3) is 0.857. The first-order chi connectivity index (χ1) is 10.1. The molecule has 130 valence electrons. The molecule has 1 fully saturated rings. The third-order valence-electron chi connectivity index (χ3n) is 3.54. The molecule has 1 heterocycles. The third-order valence-corrected chi connectivity index (χ3v) is 4.52. The van der Waals surface area contributed by atoms with Gasteiger partial charge in [-0.25, -0.2) is 4.79 Å². The largest absolute Gasteiger partial charge is 0.450 e. The number of ether oxygens (including phenoxy) is 1. The number of carbonyl (C=O) groups is 1. The van der Waals surface area contributed by atoms with E-state index < -0.39 is 0 Å². The maximum Gasteiger partial charge on any atom is 0.409 e. The van der Waals surface area contributed by atoms with E-state index in [2.05, 4.69) is 28.8 Å². The molecule has 0 aliphatic carbocycles. The van der Waals surface area contributed by atoms with E-state index in [0.29, 0.717) is 17.9 Å². The molecule has 1 saturated heterocycles. The van der Waals surface area contributed by atoms with Crippen molar-refractivity contribution in [3.8, 4) is 0 Å². The number of hydrogen-bond acceptors (Lipinski definition) is 4. The summed E-state index contributed by atoms with van der Waals surface area (Å²) in [6.07, 6.45) is 3.73. The summed E-state index contributed by atoms with van der Waals surface area (Å²) in [6, 6.07) is 0.353. The Morgan fingerprint density at radius 3 is 2.59 bits per heavy atom. The number of thioether (sulfide) groups is 1. The summed E-state index contributed by atoms with van der Waals surface area (Å²) < 4.78 is 5.02. The van der Waals surface area contributed by atoms with E-state index in [1.165, 1.54) is 0 Å². The second kappa shape index (κ2) is 12.1. The van der Waals surface area contributed by atoms with Crippen LogP contribution in [-0.2, 0) is 4.74 Å². The molecule has 0 bridgehead atoms. The van der Waals surface area contributed by atoms with Crippen LogP contribution in [0.5, 0.6) is 0 Å². The van der Waals surface area contributed by atoms with Gasteiger partial charge in [0.25, 0.3) is 0 Å². The van der Waals surface area contributed by atoms with Gasteiger partial charge in [-0.05, 0) is 26.0 Å². The van der Waals surface area contributed by atoms with Crippen LogP contribution in [0.2, 0.25) is 0 Å². The Labute approximate surface area is 155 Å². The van der Waals surface area contributed by atoms with Crippen LogP contribution in [0.3, 0.4) is 0 Å². The minimum Gasteiger partial charge on any atom is -0.450 e. The molecule has 1 rings (SSSR count). The molecule has 8 heteroatoms. The van der Waals surface area contributed by atoms with E-state index in [1.807, 2.05) is 18.7 Å². The number of halogens is 1. The van der Waals surface area contributed by atoms with Gasteiger partial charge >= 0.3 is 6.09 Å². The zero-order valence-corrected chi connectivity index (χ0v) is 17.1. The summed E-state index contributed by atoms with van der Waals surface area (Å²) in [6.45, 7) is 6.80. The van der Waals surface area contributed by atoms with Gasteiger partial charge in [-0.3, -0.25) is 4.99 Å². The highest BCUT2D eigenvalue weighted by Gasteiger charge is 2.24. The van der Waals surface area contributed by atoms with Gasteiger partial charge in [0.05, 0.1) is 6.61 Å². The summed E-state index contributed by atoms with van der Waals surface area (Å²) >= 11 is 1.83. The second-order valence-corrected chi connectivity index (χ2v) is 6.38. The summed E-state index contributed by atoms with van der Waals surface area (Å²) in [5, 5.41) is 7.31. The van der Waals surface area contributed by atoms with Gasteiger partial charge in [-0.2, -0.15) is 11.8 Å². The fourth-order valence-corrected chi connectivity index (χ4v) is 2.38. The zero-order chi connectivity index (χ0) is 15.7. The number of guanidine groups is 1. The van der Waals surface area contributed by atoms with E-state index in [9.17, 15) is 4.79 Å². The number of rotatable bonds is 5. The van der Waals surface area contributed by atoms with Crippen molar-refractivity contribution in [2.45, 2.75) is 38.0 Å². The van der Waals surface area contributed by atoms with Crippen LogP contribution in [-0.4, -0.2) is 67.8 Å². The van der Waals surface area contributed by atoms with Gasteiger partial charge in [0.15, 0.2) is 5.96 Å². The summed E-state index contributed by atoms with van der Waals surface area (Å²) in [5.74, 6) is 0.838. The number of aliphatic imine (C=N–C) groups is 1. The first-order valence-electron chi connectivity index (χ1n) is 7.52. The smallest absolute Gasteiger partial charge is 0.409 e. The molecule has 1 aliphatic heterocycles. The Bertz CT molecular complexity index is 350. The molecule has 1 aliphatic rings. The molecule has 1 atom stereocenters. The molecule has 1 amide bonds. The van der Waals surface area contributed by atoms with Crippen molar-refractivity contribution in [2.24, 2.45) is 4.99 Å². The van der Waals surface area contributed by atoms with Crippen molar-refractivity contribution in [3.63, 3.8) is 0 Å². The lowest BCUT2D eigenvalue weighted by molar-refractivity contribution is 0.0963. The van der Waals surface area contributed by atoms with E-state index in [0.717, 1.165) is 38.4 Å². The summed E-state index contributed by atoms with van der Waals surface area (Å²) in [7, 11) is 1.78. The van der Waals surface area contributed by atoms with E-state index >= 15 is 0 Å². The molecule has 0 aromatic carbocycles. The van der Waals surface area contributed by atoms with E-state index in [-0.39, 0.29) is 30.1 Å². The fourth-order valence-electron chi connectivity index (χ4n) is 2.13. The molecular weight excluding hydrogens is 415 g/mol. The number of piperidine rings is 1. The average Bonchev–Trinajstić information content (AvgIpc) is 2.51. The first-order valence-corrected chi connectivity index (χ1v) is 8.81. The molecule has 0 radical (unpaired) electrons. The predicted octanol–water partition coefficient (Wildman–Crippen LogP) is 2.14. The quantitative estimate of drug-likeness (QED) is 0.387. The topological polar surface area (TPSA) is 66.0 Å². The molecule has 2 N–H and O–H groups in total. The maximum atomic E-state index is 11.6. The highest BCUT2D eigenvalue weighted by Crippen LogP contribution is 2.11. The Balaban J connectivity index is 0.00000441. The van der Waals surface area contributed by atoms with Gasteiger partial charge in [0, 0.05) is 38.0 Å². The number of carbonyl (C=O) groups excluding carboxylic acids is 1. The highest BCUT2D eigenvalue weighted by molar-refractivity contribution is 14.0. The predicted molar refractivity (Wildman–Crippen MR) is 105 cm³/mol. The number of hydrogen-bond donors (Lipinski definition) is 2. The Hall–Kier alpha value is -0.380. The van der Waals surface area contributed by atoms with Crippen molar-refractivity contribution in [2.75, 3.05) is 39.5 Å². The van der Waals surface area contributed by atoms with Gasteiger partial charge in [-0.1, -0.05) is 6.92 Å². The van der Waals surface area contributed by atoms with Crippen molar-refractivity contribution < 1.29 is 9.53 Å². The molecule has 0 spiro atoms. The summed E-state index contributed by atoms with van der Waals surface area (Å²) in [4.78, 5) is 17.7. The van der Waals surface area contributed by atoms with Gasteiger partial charge < -0.3 is 20.3 Å². The van der Waals surface area contributed by atoms with Crippen molar-refractivity contribution in [3.05, 3.63) is 0 Å². The average molecular weight is 444 g/mol. The standard InChI is InChI=1S/C14H28N4O2S.HI/c1-5-20-14(19)18-8-6-12(7-9-18)17-13(15-3)16-10-11(2)21-4;/h11-12H,5-10H2,1-4H3,(H2,15,16,17);1H. The highest BCUT2D eigenvalue weighted by atomic mass is 127. The van der Waals surface area contributed by atoms with Crippen LogP contribution < -0.4 is 10.6 Å². The Morgan fingerprint density at radius 2 is 2.09 bits per heavy atom. The number of likely N-dealkylation sites (tertiary alicyclic amines) is 1. The van der Waals surface area contributed by atoms with Crippen molar-refractivity contribution in [1.82, 2.24) is 15.5 Å². The SMILES string of the molecule is CCOC(=O)N1CCC(NC(=NC)NCC(C)SC)CC1.I. The van der Waals surface area contributed by atoms with Crippen molar-refractivity contribution >= 4 is 47.8 Å². The number of nitrogens with zero attached hydrogens (tertiary/aromatic N) is 2. The van der Waals surface area contributed by atoms with Crippen LogP contribution in [0.25, 0.3) is 0 Å². The lowest BCUT2D eigenvalue weighted by Crippen LogP contribution is -2.50. The Kier molecular flexibility index (Phi) is 11.9. The van der Waals surface area contributed by atoms with Crippen molar-refractivity contribution in [1.29, 1.82) is 0 Å². The minimum absolute atomic E-state index is 0. The molecular formula is C14H29IN4O2S. The molecule has 6 nitrogen and oxygen atoms in total. The lowest BCUT2D eigenvalue weighted by atomic mass is 10.1. The van der Waals surface area contributed by atoms with E-state index in [4.69, 9.17) is 4.74 Å². The number of nitrogens with one attached hydrogen (secondary N) is 2. The third kappa shape index (κ3) is 7.75. The molecule has 0 aromatic rings. The zero-order valence-electron chi connectivity index (χ0n) is 13.9. The maximum absolute atomic E-state index is 11.6. The summed E-state index contributed by atoms with van der Waals surface area (Å²) in [5.41, 5.74) is 0. The molecule has 1 unspecified atom stereocenters. The molecule has 0 saturated carbocycles. The first kappa shape index (κ1) is 21.6. The van der Waals surface area contributed by atoms with Crippen LogP contribution in [0.15, 0.2) is 4.99 Å². The van der Waals surface area contributed by atoms with Gasteiger partial charge in [0.2, 0.25) is 0 Å². The molecule has 0 aromatic heterocycles. The number of amides is 1. The van der Waals surface area contributed by atoms with Crippen LogP contribution in [0, 0.1) is 0 Å². The second-order valence-electron chi connectivity index (χ2n) is 5.10. The van der Waals surface area contributed by atoms with Crippen LogP contribution >= 0.6 is 35.7 Å². The normalized spacial score (nSPS) is 17.5. The van der Waals surface area contributed by atoms with Gasteiger partial charge in [0.1, 0.15) is 0 Å².